The average molecular weight is 160 g/mol. The SMILES string of the molecule is C=Cc1ccccc1O/C=C\C. The molecule has 0 radical (unpaired) electrons. The van der Waals surface area contributed by atoms with Gasteiger partial charge in [0.2, 0.25) is 0 Å². The lowest BCUT2D eigenvalue weighted by atomic mass is 10.2. The van der Waals surface area contributed by atoms with E-state index < -0.39 is 0 Å². The van der Waals surface area contributed by atoms with Gasteiger partial charge >= 0.3 is 0 Å². The topological polar surface area (TPSA) is 9.23 Å². The number of hydrogen-bond donors (Lipinski definition) is 0. The quantitative estimate of drug-likeness (QED) is 0.617. The molecule has 1 aromatic carbocycles. The lowest BCUT2D eigenvalue weighted by Gasteiger charge is -2.02. The smallest absolute Gasteiger partial charge is 0.133 e. The first kappa shape index (κ1) is 8.60. The van der Waals surface area contributed by atoms with E-state index in [9.17, 15) is 0 Å². The van der Waals surface area contributed by atoms with Crippen molar-refractivity contribution in [1.82, 2.24) is 0 Å². The Hall–Kier alpha value is -1.50. The Kier molecular flexibility index (Phi) is 3.15. The average Bonchev–Trinajstić information content (AvgIpc) is 2.15. The molecule has 0 N–H and O–H groups in total. The molecule has 0 aliphatic heterocycles. The maximum absolute atomic E-state index is 5.33. The summed E-state index contributed by atoms with van der Waals surface area (Å²) in [6.45, 7) is 5.61. The molecule has 1 nitrogen and oxygen atoms in total. The van der Waals surface area contributed by atoms with Crippen molar-refractivity contribution in [2.45, 2.75) is 6.92 Å². The number of rotatable bonds is 3. The molecule has 0 saturated carbocycles. The fourth-order valence-corrected chi connectivity index (χ4v) is 0.898. The van der Waals surface area contributed by atoms with Gasteiger partial charge in [0.15, 0.2) is 0 Å². The van der Waals surface area contributed by atoms with Crippen molar-refractivity contribution in [2.75, 3.05) is 0 Å². The first-order chi connectivity index (χ1) is 5.88. The predicted molar refractivity (Wildman–Crippen MR) is 52.0 cm³/mol. The molecule has 0 heterocycles. The maximum atomic E-state index is 5.33. The first-order valence-corrected chi connectivity index (χ1v) is 3.87. The minimum Gasteiger partial charge on any atom is -0.465 e. The van der Waals surface area contributed by atoms with Crippen LogP contribution in [0, 0.1) is 0 Å². The zero-order chi connectivity index (χ0) is 8.81. The van der Waals surface area contributed by atoms with E-state index >= 15 is 0 Å². The molecule has 12 heavy (non-hydrogen) atoms. The van der Waals surface area contributed by atoms with Crippen LogP contribution < -0.4 is 4.74 Å². The lowest BCUT2D eigenvalue weighted by molar-refractivity contribution is 0.479. The van der Waals surface area contributed by atoms with Crippen molar-refractivity contribution in [2.24, 2.45) is 0 Å². The Labute approximate surface area is 73.0 Å². The van der Waals surface area contributed by atoms with E-state index in [1.165, 1.54) is 0 Å². The van der Waals surface area contributed by atoms with Gasteiger partial charge in [-0.25, -0.2) is 0 Å². The first-order valence-electron chi connectivity index (χ1n) is 3.87. The fourth-order valence-electron chi connectivity index (χ4n) is 0.898. The summed E-state index contributed by atoms with van der Waals surface area (Å²) in [7, 11) is 0. The van der Waals surface area contributed by atoms with Gasteiger partial charge in [0.05, 0.1) is 6.26 Å². The summed E-state index contributed by atoms with van der Waals surface area (Å²) in [5, 5.41) is 0. The van der Waals surface area contributed by atoms with Crippen LogP contribution in [-0.4, -0.2) is 0 Å². The van der Waals surface area contributed by atoms with Gasteiger partial charge in [-0.2, -0.15) is 0 Å². The highest BCUT2D eigenvalue weighted by atomic mass is 16.5. The van der Waals surface area contributed by atoms with E-state index in [4.69, 9.17) is 4.74 Å². The third-order valence-corrected chi connectivity index (χ3v) is 1.47. The number of hydrogen-bond acceptors (Lipinski definition) is 1. The van der Waals surface area contributed by atoms with Crippen LogP contribution in [0.2, 0.25) is 0 Å². The summed E-state index contributed by atoms with van der Waals surface area (Å²) in [5.41, 5.74) is 1.01. The summed E-state index contributed by atoms with van der Waals surface area (Å²) >= 11 is 0. The second kappa shape index (κ2) is 4.39. The van der Waals surface area contributed by atoms with Crippen molar-refractivity contribution in [3.8, 4) is 5.75 Å². The predicted octanol–water partition coefficient (Wildman–Crippen LogP) is 3.24. The third-order valence-electron chi connectivity index (χ3n) is 1.47. The number of benzene rings is 1. The Morgan fingerprint density at radius 3 is 2.75 bits per heavy atom. The fraction of sp³-hybridized carbons (Fsp3) is 0.0909. The molecule has 0 amide bonds. The van der Waals surface area contributed by atoms with E-state index in [0.29, 0.717) is 0 Å². The van der Waals surface area contributed by atoms with E-state index in [2.05, 4.69) is 6.58 Å². The Morgan fingerprint density at radius 1 is 1.33 bits per heavy atom. The van der Waals surface area contributed by atoms with Gasteiger partial charge in [0.25, 0.3) is 0 Å². The standard InChI is InChI=1S/C11H12O/c1-3-9-12-11-8-6-5-7-10(11)4-2/h3-9H,2H2,1H3/b9-3-. The van der Waals surface area contributed by atoms with Crippen LogP contribution in [-0.2, 0) is 0 Å². The van der Waals surface area contributed by atoms with Crippen molar-refractivity contribution >= 4 is 6.08 Å². The zero-order valence-electron chi connectivity index (χ0n) is 7.16. The molecular weight excluding hydrogens is 148 g/mol. The van der Waals surface area contributed by atoms with Gasteiger partial charge in [0, 0.05) is 5.56 Å². The molecule has 0 aliphatic rings. The van der Waals surface area contributed by atoms with Crippen LogP contribution in [0.3, 0.4) is 0 Å². The molecule has 1 rings (SSSR count). The van der Waals surface area contributed by atoms with E-state index in [-0.39, 0.29) is 0 Å². The van der Waals surface area contributed by atoms with Crippen LogP contribution >= 0.6 is 0 Å². The number of para-hydroxylation sites is 1. The van der Waals surface area contributed by atoms with Crippen LogP contribution in [0.1, 0.15) is 12.5 Å². The number of allylic oxidation sites excluding steroid dienone is 1. The maximum Gasteiger partial charge on any atom is 0.133 e. The summed E-state index contributed by atoms with van der Waals surface area (Å²) < 4.78 is 5.33. The van der Waals surface area contributed by atoms with Crippen LogP contribution in [0.5, 0.6) is 5.75 Å². The second-order valence-corrected chi connectivity index (χ2v) is 2.33. The highest BCUT2D eigenvalue weighted by Gasteiger charge is 1.94. The van der Waals surface area contributed by atoms with Gasteiger partial charge < -0.3 is 4.74 Å². The molecule has 0 atom stereocenters. The minimum absolute atomic E-state index is 0.839. The van der Waals surface area contributed by atoms with E-state index in [1.54, 1.807) is 12.3 Å². The third kappa shape index (κ3) is 1.99. The summed E-state index contributed by atoms with van der Waals surface area (Å²) in [6.07, 6.45) is 5.28. The van der Waals surface area contributed by atoms with Crippen molar-refractivity contribution in [3.63, 3.8) is 0 Å². The summed E-state index contributed by atoms with van der Waals surface area (Å²) in [4.78, 5) is 0. The molecule has 0 fully saturated rings. The number of ether oxygens (including phenoxy) is 1. The van der Waals surface area contributed by atoms with Crippen molar-refractivity contribution in [3.05, 3.63) is 48.7 Å². The minimum atomic E-state index is 0.839. The lowest BCUT2D eigenvalue weighted by Crippen LogP contribution is -1.84. The van der Waals surface area contributed by atoms with Crippen molar-refractivity contribution < 1.29 is 4.74 Å². The van der Waals surface area contributed by atoms with Gasteiger partial charge in [-0.3, -0.25) is 0 Å². The van der Waals surface area contributed by atoms with Gasteiger partial charge in [-0.1, -0.05) is 36.9 Å². The molecule has 1 heteroatoms. The monoisotopic (exact) mass is 160 g/mol. The highest BCUT2D eigenvalue weighted by molar-refractivity contribution is 5.55. The van der Waals surface area contributed by atoms with Gasteiger partial charge in [-0.05, 0) is 13.0 Å². The van der Waals surface area contributed by atoms with Crippen molar-refractivity contribution in [1.29, 1.82) is 0 Å². The summed E-state index contributed by atoms with van der Waals surface area (Å²) in [6, 6.07) is 7.77. The zero-order valence-corrected chi connectivity index (χ0v) is 7.16. The van der Waals surface area contributed by atoms with Crippen LogP contribution in [0.15, 0.2) is 43.2 Å². The van der Waals surface area contributed by atoms with E-state index in [1.807, 2.05) is 37.3 Å². The molecule has 0 spiro atoms. The molecule has 1 aromatic rings. The van der Waals surface area contributed by atoms with Gasteiger partial charge in [0.1, 0.15) is 5.75 Å². The molecule has 0 saturated heterocycles. The largest absolute Gasteiger partial charge is 0.465 e. The Bertz CT molecular complexity index is 287. The molecule has 0 aliphatic carbocycles. The van der Waals surface area contributed by atoms with Crippen LogP contribution in [0.4, 0.5) is 0 Å². The Morgan fingerprint density at radius 2 is 2.08 bits per heavy atom. The molecule has 0 aromatic heterocycles. The van der Waals surface area contributed by atoms with E-state index in [0.717, 1.165) is 11.3 Å². The summed E-state index contributed by atoms with van der Waals surface area (Å²) in [5.74, 6) is 0.839. The highest BCUT2D eigenvalue weighted by Crippen LogP contribution is 2.18. The normalized spacial score (nSPS) is 10.1. The molecule has 62 valence electrons. The molecular formula is C11H12O. The molecule has 0 unspecified atom stereocenters. The van der Waals surface area contributed by atoms with Crippen LogP contribution in [0.25, 0.3) is 6.08 Å². The van der Waals surface area contributed by atoms with Gasteiger partial charge in [-0.15, -0.1) is 0 Å². The Balaban J connectivity index is 2.89. The second-order valence-electron chi connectivity index (χ2n) is 2.33. The molecule has 0 bridgehead atoms.